The lowest BCUT2D eigenvalue weighted by molar-refractivity contribution is 0.0697. The molecule has 1 aliphatic heterocycles. The van der Waals surface area contributed by atoms with E-state index in [4.69, 9.17) is 0 Å². The highest BCUT2D eigenvalue weighted by molar-refractivity contribution is 7.92. The maximum atomic E-state index is 14.0. The van der Waals surface area contributed by atoms with Gasteiger partial charge in [0.25, 0.3) is 15.9 Å². The van der Waals surface area contributed by atoms with Gasteiger partial charge < -0.3 is 4.90 Å². The Kier molecular flexibility index (Phi) is 5.51. The number of hydrogen-bond donors (Lipinski definition) is 0. The zero-order valence-electron chi connectivity index (χ0n) is 15.4. The summed E-state index contributed by atoms with van der Waals surface area (Å²) in [4.78, 5) is 14.5. The van der Waals surface area contributed by atoms with Crippen LogP contribution in [0.5, 0.6) is 0 Å². The molecule has 0 unspecified atom stereocenters. The first-order chi connectivity index (χ1) is 12.8. The number of rotatable bonds is 4. The standard InChI is InChI=1S/C20H23FN2O3S/c1-15-10-12-23(13-11-15)20(24)16-6-5-7-17(14-16)27(25,26)22(2)19-9-4-3-8-18(19)21/h3-9,14-15H,10-13H2,1-2H3. The first-order valence-corrected chi connectivity index (χ1v) is 10.4. The monoisotopic (exact) mass is 390 g/mol. The van der Waals surface area contributed by atoms with Crippen LogP contribution in [0.15, 0.2) is 53.4 Å². The molecular formula is C20H23FN2O3S. The molecule has 5 nitrogen and oxygen atoms in total. The predicted molar refractivity (Wildman–Crippen MR) is 103 cm³/mol. The Morgan fingerprint density at radius 2 is 1.78 bits per heavy atom. The average Bonchev–Trinajstić information content (AvgIpc) is 2.68. The molecule has 0 bridgehead atoms. The van der Waals surface area contributed by atoms with Crippen LogP contribution in [0.1, 0.15) is 30.1 Å². The van der Waals surface area contributed by atoms with E-state index in [-0.39, 0.29) is 16.5 Å². The van der Waals surface area contributed by atoms with Gasteiger partial charge >= 0.3 is 0 Å². The van der Waals surface area contributed by atoms with E-state index in [1.807, 2.05) is 0 Å². The van der Waals surface area contributed by atoms with Crippen molar-refractivity contribution in [3.63, 3.8) is 0 Å². The van der Waals surface area contributed by atoms with E-state index in [1.165, 1.54) is 37.4 Å². The number of hydrogen-bond acceptors (Lipinski definition) is 3. The minimum absolute atomic E-state index is 0.0375. The largest absolute Gasteiger partial charge is 0.339 e. The van der Waals surface area contributed by atoms with Crippen molar-refractivity contribution in [2.45, 2.75) is 24.7 Å². The Bertz CT molecular complexity index is 938. The normalized spacial score (nSPS) is 15.6. The molecule has 144 valence electrons. The van der Waals surface area contributed by atoms with Crippen LogP contribution in [0.2, 0.25) is 0 Å². The molecule has 27 heavy (non-hydrogen) atoms. The molecule has 2 aromatic carbocycles. The van der Waals surface area contributed by atoms with Crippen LogP contribution < -0.4 is 4.31 Å². The van der Waals surface area contributed by atoms with Gasteiger partial charge in [-0.15, -0.1) is 0 Å². The highest BCUT2D eigenvalue weighted by Crippen LogP contribution is 2.26. The molecule has 1 amide bonds. The minimum atomic E-state index is -3.99. The number of sulfonamides is 1. The molecule has 3 rings (SSSR count). The van der Waals surface area contributed by atoms with Gasteiger partial charge in [-0.2, -0.15) is 0 Å². The van der Waals surface area contributed by atoms with Crippen molar-refractivity contribution in [2.75, 3.05) is 24.4 Å². The number of halogens is 1. The number of carbonyl (C=O) groups excluding carboxylic acids is 1. The van der Waals surface area contributed by atoms with Gasteiger partial charge in [0.1, 0.15) is 5.82 Å². The fraction of sp³-hybridized carbons (Fsp3) is 0.350. The third-order valence-electron chi connectivity index (χ3n) is 5.00. The molecule has 0 N–H and O–H groups in total. The van der Waals surface area contributed by atoms with E-state index in [9.17, 15) is 17.6 Å². The number of carbonyl (C=O) groups is 1. The van der Waals surface area contributed by atoms with Crippen molar-refractivity contribution in [1.82, 2.24) is 4.90 Å². The summed E-state index contributed by atoms with van der Waals surface area (Å²) in [5.74, 6) is -0.207. The Morgan fingerprint density at radius 1 is 1.11 bits per heavy atom. The molecule has 1 fully saturated rings. The van der Waals surface area contributed by atoms with Crippen molar-refractivity contribution in [1.29, 1.82) is 0 Å². The summed E-state index contributed by atoms with van der Waals surface area (Å²) in [7, 11) is -2.69. The quantitative estimate of drug-likeness (QED) is 0.803. The molecule has 0 saturated carbocycles. The molecule has 7 heteroatoms. The topological polar surface area (TPSA) is 57.7 Å². The lowest BCUT2D eigenvalue weighted by Gasteiger charge is -2.30. The van der Waals surface area contributed by atoms with Crippen molar-refractivity contribution >= 4 is 21.6 Å². The van der Waals surface area contributed by atoms with Crippen LogP contribution in [-0.2, 0) is 10.0 Å². The number of piperidine rings is 1. The first-order valence-electron chi connectivity index (χ1n) is 8.93. The van der Waals surface area contributed by atoms with Crippen LogP contribution in [0.3, 0.4) is 0 Å². The van der Waals surface area contributed by atoms with Crippen molar-refractivity contribution in [3.8, 4) is 0 Å². The Morgan fingerprint density at radius 3 is 2.44 bits per heavy atom. The van der Waals surface area contributed by atoms with Gasteiger partial charge in [-0.1, -0.05) is 25.1 Å². The Labute approximate surface area is 159 Å². The third kappa shape index (κ3) is 3.98. The van der Waals surface area contributed by atoms with Crippen LogP contribution in [-0.4, -0.2) is 39.4 Å². The minimum Gasteiger partial charge on any atom is -0.339 e. The molecule has 0 aliphatic carbocycles. The molecule has 0 atom stereocenters. The number of para-hydroxylation sites is 1. The summed E-state index contributed by atoms with van der Waals surface area (Å²) >= 11 is 0. The molecule has 1 heterocycles. The molecule has 0 radical (unpaired) electrons. The number of anilines is 1. The van der Waals surface area contributed by atoms with E-state index < -0.39 is 15.8 Å². The van der Waals surface area contributed by atoms with Crippen LogP contribution >= 0.6 is 0 Å². The molecule has 0 spiro atoms. The Balaban J connectivity index is 1.88. The first kappa shape index (κ1) is 19.4. The van der Waals surface area contributed by atoms with Crippen LogP contribution in [0.4, 0.5) is 10.1 Å². The van der Waals surface area contributed by atoms with Gasteiger partial charge in [0.15, 0.2) is 0 Å². The van der Waals surface area contributed by atoms with Gasteiger partial charge in [-0.25, -0.2) is 12.8 Å². The van der Waals surface area contributed by atoms with Crippen LogP contribution in [0.25, 0.3) is 0 Å². The zero-order valence-corrected chi connectivity index (χ0v) is 16.2. The van der Waals surface area contributed by atoms with Crippen molar-refractivity contribution < 1.29 is 17.6 Å². The summed E-state index contributed by atoms with van der Waals surface area (Å²) in [6.45, 7) is 3.51. The lowest BCUT2D eigenvalue weighted by atomic mass is 9.98. The summed E-state index contributed by atoms with van der Waals surface area (Å²) in [5, 5.41) is 0. The summed E-state index contributed by atoms with van der Waals surface area (Å²) in [6, 6.07) is 11.6. The van der Waals surface area contributed by atoms with Crippen molar-refractivity contribution in [2.24, 2.45) is 5.92 Å². The smallest absolute Gasteiger partial charge is 0.264 e. The lowest BCUT2D eigenvalue weighted by Crippen LogP contribution is -2.38. The van der Waals surface area contributed by atoms with E-state index in [0.717, 1.165) is 17.1 Å². The fourth-order valence-corrected chi connectivity index (χ4v) is 4.43. The number of amides is 1. The second kappa shape index (κ2) is 7.68. The molecular weight excluding hydrogens is 367 g/mol. The van der Waals surface area contributed by atoms with Gasteiger partial charge in [0.2, 0.25) is 0 Å². The SMILES string of the molecule is CC1CCN(C(=O)c2cccc(S(=O)(=O)N(C)c3ccccc3F)c2)CC1. The maximum Gasteiger partial charge on any atom is 0.264 e. The fourth-order valence-electron chi connectivity index (χ4n) is 3.18. The molecule has 1 saturated heterocycles. The second-order valence-electron chi connectivity index (χ2n) is 6.93. The highest BCUT2D eigenvalue weighted by atomic mass is 32.2. The Hall–Kier alpha value is -2.41. The molecule has 0 aromatic heterocycles. The van der Waals surface area contributed by atoms with E-state index in [1.54, 1.807) is 23.1 Å². The summed E-state index contributed by atoms with van der Waals surface area (Å²) < 4.78 is 40.7. The predicted octanol–water partition coefficient (Wildman–Crippen LogP) is 3.52. The van der Waals surface area contributed by atoms with Crippen LogP contribution in [0, 0.1) is 11.7 Å². The number of nitrogens with zero attached hydrogens (tertiary/aromatic N) is 2. The van der Waals surface area contributed by atoms with Gasteiger partial charge in [-0.3, -0.25) is 9.10 Å². The number of likely N-dealkylation sites (tertiary alicyclic amines) is 1. The van der Waals surface area contributed by atoms with E-state index >= 15 is 0 Å². The highest BCUT2D eigenvalue weighted by Gasteiger charge is 2.26. The maximum absolute atomic E-state index is 14.0. The summed E-state index contributed by atoms with van der Waals surface area (Å²) in [5.41, 5.74) is 0.284. The average molecular weight is 390 g/mol. The number of benzene rings is 2. The molecule has 1 aliphatic rings. The van der Waals surface area contributed by atoms with Gasteiger partial charge in [0.05, 0.1) is 10.6 Å². The second-order valence-corrected chi connectivity index (χ2v) is 8.90. The molecule has 2 aromatic rings. The van der Waals surface area contributed by atoms with Gasteiger partial charge in [-0.05, 0) is 49.1 Å². The van der Waals surface area contributed by atoms with E-state index in [2.05, 4.69) is 6.92 Å². The van der Waals surface area contributed by atoms with Crippen molar-refractivity contribution in [3.05, 3.63) is 59.9 Å². The summed E-state index contributed by atoms with van der Waals surface area (Å²) in [6.07, 6.45) is 1.89. The third-order valence-corrected chi connectivity index (χ3v) is 6.77. The zero-order chi connectivity index (χ0) is 19.6. The van der Waals surface area contributed by atoms with E-state index in [0.29, 0.717) is 24.6 Å². The van der Waals surface area contributed by atoms with Gasteiger partial charge in [0, 0.05) is 25.7 Å².